The highest BCUT2D eigenvalue weighted by Crippen LogP contribution is 2.34. The number of rotatable bonds is 8. The molecule has 0 bridgehead atoms. The number of hydrogen-bond donors (Lipinski definition) is 2. The zero-order valence-corrected chi connectivity index (χ0v) is 19.4. The SMILES string of the molecule is COC1CCOC(c2cc(F)cc(OCc3ccc(/C(=C/C(=O)O)c4ccsc4)c(O)c3)c2)C1. The number of aliphatic carboxylic acids is 1. The summed E-state index contributed by atoms with van der Waals surface area (Å²) in [5, 5.41) is 23.5. The van der Waals surface area contributed by atoms with E-state index in [-0.39, 0.29) is 24.6 Å². The fourth-order valence-corrected chi connectivity index (χ4v) is 4.64. The van der Waals surface area contributed by atoms with Crippen LogP contribution in [0.2, 0.25) is 0 Å². The van der Waals surface area contributed by atoms with Gasteiger partial charge in [0.05, 0.1) is 12.2 Å². The zero-order valence-electron chi connectivity index (χ0n) is 18.6. The van der Waals surface area contributed by atoms with E-state index in [2.05, 4.69) is 0 Å². The van der Waals surface area contributed by atoms with Gasteiger partial charge < -0.3 is 24.4 Å². The maximum absolute atomic E-state index is 14.3. The third-order valence-electron chi connectivity index (χ3n) is 5.69. The van der Waals surface area contributed by atoms with Gasteiger partial charge in [0.2, 0.25) is 0 Å². The van der Waals surface area contributed by atoms with Gasteiger partial charge in [-0.15, -0.1) is 0 Å². The Morgan fingerprint density at radius 1 is 1.26 bits per heavy atom. The molecule has 0 amide bonds. The molecular formula is C26H25FO6S. The number of phenols is 1. The second-order valence-corrected chi connectivity index (χ2v) is 8.79. The molecule has 34 heavy (non-hydrogen) atoms. The first kappa shape index (κ1) is 23.9. The summed E-state index contributed by atoms with van der Waals surface area (Å²) >= 11 is 1.44. The molecule has 3 aromatic rings. The lowest BCUT2D eigenvalue weighted by molar-refractivity contribution is -0.131. The van der Waals surface area contributed by atoms with Crippen LogP contribution in [0.15, 0.2) is 59.3 Å². The number of thiophene rings is 1. The molecule has 0 aliphatic carbocycles. The van der Waals surface area contributed by atoms with Crippen LogP contribution in [-0.2, 0) is 20.9 Å². The highest BCUT2D eigenvalue weighted by molar-refractivity contribution is 7.08. The van der Waals surface area contributed by atoms with Gasteiger partial charge in [0.15, 0.2) is 0 Å². The summed E-state index contributed by atoms with van der Waals surface area (Å²) in [5.41, 5.74) is 2.87. The molecule has 8 heteroatoms. The Morgan fingerprint density at radius 2 is 2.12 bits per heavy atom. The second-order valence-electron chi connectivity index (χ2n) is 8.01. The minimum Gasteiger partial charge on any atom is -0.507 e. The van der Waals surface area contributed by atoms with Gasteiger partial charge in [-0.3, -0.25) is 0 Å². The van der Waals surface area contributed by atoms with Crippen LogP contribution in [0.5, 0.6) is 11.5 Å². The maximum Gasteiger partial charge on any atom is 0.328 e. The van der Waals surface area contributed by atoms with E-state index in [1.807, 2.05) is 10.8 Å². The first-order valence-electron chi connectivity index (χ1n) is 10.8. The quantitative estimate of drug-likeness (QED) is 0.408. The van der Waals surface area contributed by atoms with Gasteiger partial charge in [0, 0.05) is 43.4 Å². The predicted molar refractivity (Wildman–Crippen MR) is 127 cm³/mol. The number of methoxy groups -OCH3 is 1. The predicted octanol–water partition coefficient (Wildman–Crippen LogP) is 5.55. The van der Waals surface area contributed by atoms with Gasteiger partial charge in [-0.25, -0.2) is 9.18 Å². The number of hydrogen-bond acceptors (Lipinski definition) is 6. The van der Waals surface area contributed by atoms with Crippen LogP contribution in [0.25, 0.3) is 5.57 Å². The van der Waals surface area contributed by atoms with Crippen molar-refractivity contribution in [2.24, 2.45) is 0 Å². The first-order chi connectivity index (χ1) is 16.4. The summed E-state index contributed by atoms with van der Waals surface area (Å²) in [6.07, 6.45) is 2.33. The number of ether oxygens (including phenoxy) is 3. The largest absolute Gasteiger partial charge is 0.507 e. The van der Waals surface area contributed by atoms with Crippen molar-refractivity contribution in [3.05, 3.63) is 87.4 Å². The number of aromatic hydroxyl groups is 1. The van der Waals surface area contributed by atoms with E-state index in [1.165, 1.54) is 29.5 Å². The Kier molecular flexibility index (Phi) is 7.62. The number of halogens is 1. The van der Waals surface area contributed by atoms with Gasteiger partial charge in [0.1, 0.15) is 23.9 Å². The Labute approximate surface area is 200 Å². The summed E-state index contributed by atoms with van der Waals surface area (Å²) in [6, 6.07) is 11.2. The normalized spacial score (nSPS) is 18.6. The molecule has 0 saturated carbocycles. The Hall–Kier alpha value is -3.20. The number of benzene rings is 2. The van der Waals surface area contributed by atoms with E-state index in [1.54, 1.807) is 31.4 Å². The van der Waals surface area contributed by atoms with Gasteiger partial charge in [0.25, 0.3) is 0 Å². The van der Waals surface area contributed by atoms with Crippen LogP contribution < -0.4 is 4.74 Å². The Balaban J connectivity index is 1.50. The number of carboxylic acid groups (broad SMARTS) is 1. The van der Waals surface area contributed by atoms with Gasteiger partial charge >= 0.3 is 5.97 Å². The zero-order chi connectivity index (χ0) is 24.1. The summed E-state index contributed by atoms with van der Waals surface area (Å²) in [6.45, 7) is 0.643. The highest BCUT2D eigenvalue weighted by Gasteiger charge is 2.24. The third-order valence-corrected chi connectivity index (χ3v) is 6.38. The lowest BCUT2D eigenvalue weighted by Crippen LogP contribution is -2.25. The van der Waals surface area contributed by atoms with Crippen molar-refractivity contribution in [3.8, 4) is 11.5 Å². The molecule has 0 spiro atoms. The summed E-state index contributed by atoms with van der Waals surface area (Å²) in [4.78, 5) is 11.3. The first-order valence-corrected chi connectivity index (χ1v) is 11.7. The highest BCUT2D eigenvalue weighted by atomic mass is 32.1. The smallest absolute Gasteiger partial charge is 0.328 e. The summed E-state index contributed by atoms with van der Waals surface area (Å²) in [5.74, 6) is -1.24. The van der Waals surface area contributed by atoms with E-state index < -0.39 is 11.8 Å². The summed E-state index contributed by atoms with van der Waals surface area (Å²) < 4.78 is 31.3. The van der Waals surface area contributed by atoms with Crippen LogP contribution in [0.1, 0.15) is 41.2 Å². The minimum atomic E-state index is -1.10. The fraction of sp³-hybridized carbons (Fsp3) is 0.269. The average Bonchev–Trinajstić information content (AvgIpc) is 3.36. The molecule has 1 aliphatic heterocycles. The molecule has 2 heterocycles. The van der Waals surface area contributed by atoms with Crippen LogP contribution in [0, 0.1) is 5.82 Å². The minimum absolute atomic E-state index is 0.0686. The molecule has 2 N–H and O–H groups in total. The molecular weight excluding hydrogens is 459 g/mol. The van der Waals surface area contributed by atoms with E-state index in [9.17, 15) is 19.4 Å². The number of carbonyl (C=O) groups is 1. The Morgan fingerprint density at radius 3 is 2.82 bits per heavy atom. The van der Waals surface area contributed by atoms with Crippen molar-refractivity contribution in [1.29, 1.82) is 0 Å². The molecule has 2 unspecified atom stereocenters. The van der Waals surface area contributed by atoms with E-state index >= 15 is 0 Å². The van der Waals surface area contributed by atoms with E-state index in [0.29, 0.717) is 46.6 Å². The van der Waals surface area contributed by atoms with Crippen LogP contribution >= 0.6 is 11.3 Å². The van der Waals surface area contributed by atoms with E-state index in [4.69, 9.17) is 14.2 Å². The van der Waals surface area contributed by atoms with Crippen molar-refractivity contribution < 1.29 is 33.6 Å². The molecule has 2 atom stereocenters. The molecule has 2 aromatic carbocycles. The van der Waals surface area contributed by atoms with E-state index in [0.717, 1.165) is 12.5 Å². The number of phenolic OH excluding ortho intramolecular Hbond substituents is 1. The monoisotopic (exact) mass is 484 g/mol. The maximum atomic E-state index is 14.3. The molecule has 1 fully saturated rings. The lowest BCUT2D eigenvalue weighted by Gasteiger charge is -2.29. The summed E-state index contributed by atoms with van der Waals surface area (Å²) in [7, 11) is 1.66. The molecule has 1 saturated heterocycles. The van der Waals surface area contributed by atoms with Crippen molar-refractivity contribution in [2.45, 2.75) is 31.7 Å². The molecule has 4 rings (SSSR count). The molecule has 1 aromatic heterocycles. The second kappa shape index (κ2) is 10.8. The third kappa shape index (κ3) is 5.83. The van der Waals surface area contributed by atoms with Crippen molar-refractivity contribution >= 4 is 22.9 Å². The molecule has 1 aliphatic rings. The standard InChI is InChI=1S/C26H25FO6S/c1-31-20-4-6-32-25(12-20)18-9-19(27)11-21(10-18)33-14-16-2-3-22(24(28)8-16)23(13-26(29)30)17-5-7-34-15-17/h2-3,5,7-11,13,15,20,25,28H,4,6,12,14H2,1H3,(H,29,30)/b23-13+. The average molecular weight is 485 g/mol. The van der Waals surface area contributed by atoms with Crippen molar-refractivity contribution in [1.82, 2.24) is 0 Å². The Bertz CT molecular complexity index is 1170. The molecule has 0 radical (unpaired) electrons. The fourth-order valence-electron chi connectivity index (χ4n) is 3.99. The van der Waals surface area contributed by atoms with Gasteiger partial charge in [-0.1, -0.05) is 12.1 Å². The van der Waals surface area contributed by atoms with Crippen molar-refractivity contribution in [3.63, 3.8) is 0 Å². The van der Waals surface area contributed by atoms with Crippen LogP contribution in [-0.4, -0.2) is 36.0 Å². The van der Waals surface area contributed by atoms with Gasteiger partial charge in [-0.2, -0.15) is 11.3 Å². The molecule has 178 valence electrons. The number of carboxylic acids is 1. The van der Waals surface area contributed by atoms with Gasteiger partial charge in [-0.05, 0) is 58.1 Å². The van der Waals surface area contributed by atoms with Crippen LogP contribution in [0.3, 0.4) is 0 Å². The lowest BCUT2D eigenvalue weighted by atomic mass is 9.97. The van der Waals surface area contributed by atoms with Crippen LogP contribution in [0.4, 0.5) is 4.39 Å². The molecule has 6 nitrogen and oxygen atoms in total. The topological polar surface area (TPSA) is 85.2 Å². The van der Waals surface area contributed by atoms with Crippen molar-refractivity contribution in [2.75, 3.05) is 13.7 Å².